The number of rotatable bonds is 2. The second-order valence-corrected chi connectivity index (χ2v) is 6.01. The summed E-state index contributed by atoms with van der Waals surface area (Å²) in [6.45, 7) is 3.74. The monoisotopic (exact) mass is 307 g/mol. The zero-order valence-electron chi connectivity index (χ0n) is 12.1. The highest BCUT2D eigenvalue weighted by atomic mass is 32.1. The minimum absolute atomic E-state index is 0.294. The first kappa shape index (κ1) is 14.1. The van der Waals surface area contributed by atoms with Crippen molar-refractivity contribution >= 4 is 11.3 Å². The van der Waals surface area contributed by atoms with Gasteiger partial charge in [0.15, 0.2) is 0 Å². The highest BCUT2D eigenvalue weighted by molar-refractivity contribution is 7.10. The number of thiophene rings is 1. The molecule has 5 nitrogen and oxygen atoms in total. The van der Waals surface area contributed by atoms with Crippen molar-refractivity contribution in [2.24, 2.45) is 0 Å². The zero-order chi connectivity index (χ0) is 15.7. The van der Waals surface area contributed by atoms with Crippen molar-refractivity contribution in [3.05, 3.63) is 51.1 Å². The minimum atomic E-state index is -0.294. The van der Waals surface area contributed by atoms with E-state index in [0.29, 0.717) is 11.1 Å². The van der Waals surface area contributed by atoms with Crippen molar-refractivity contribution in [3.63, 3.8) is 0 Å². The zero-order valence-corrected chi connectivity index (χ0v) is 13.0. The van der Waals surface area contributed by atoms with Crippen LogP contribution in [0.15, 0.2) is 46.2 Å². The van der Waals surface area contributed by atoms with Gasteiger partial charge in [0.05, 0.1) is 34.9 Å². The van der Waals surface area contributed by atoms with E-state index in [1.165, 1.54) is 0 Å². The number of aromatic nitrogens is 2. The fourth-order valence-corrected chi connectivity index (χ4v) is 3.66. The molecule has 1 aliphatic heterocycles. The van der Waals surface area contributed by atoms with Crippen molar-refractivity contribution in [2.45, 2.75) is 19.8 Å². The summed E-state index contributed by atoms with van der Waals surface area (Å²) in [6.07, 6.45) is 1.70. The summed E-state index contributed by atoms with van der Waals surface area (Å²) in [5, 5.41) is 31.0. The molecule has 2 aromatic rings. The second kappa shape index (κ2) is 5.51. The lowest BCUT2D eigenvalue weighted by Crippen LogP contribution is -2.22. The number of hydrogen-bond acceptors (Lipinski definition) is 5. The Morgan fingerprint density at radius 3 is 2.41 bits per heavy atom. The Bertz CT molecular complexity index is 819. The van der Waals surface area contributed by atoms with Crippen molar-refractivity contribution in [1.29, 1.82) is 10.5 Å². The number of nitrogens with zero attached hydrogens (tertiary/aromatic N) is 3. The molecule has 0 aliphatic carbocycles. The Kier molecular flexibility index (Phi) is 3.54. The molecule has 0 atom stereocenters. The molecule has 3 rings (SSSR count). The molecule has 0 fully saturated rings. The molecule has 0 saturated carbocycles. The van der Waals surface area contributed by atoms with Crippen LogP contribution in [0.25, 0.3) is 11.3 Å². The third-order valence-corrected chi connectivity index (χ3v) is 4.71. The van der Waals surface area contributed by atoms with Gasteiger partial charge in [-0.25, -0.2) is 0 Å². The number of allylic oxidation sites excluding steroid dienone is 4. The number of dihydropyridines is 1. The van der Waals surface area contributed by atoms with Gasteiger partial charge in [0.25, 0.3) is 0 Å². The first-order chi connectivity index (χ1) is 10.7. The van der Waals surface area contributed by atoms with Gasteiger partial charge in [-0.3, -0.25) is 5.10 Å². The van der Waals surface area contributed by atoms with Gasteiger partial charge in [-0.15, -0.1) is 11.3 Å². The highest BCUT2D eigenvalue weighted by Crippen LogP contribution is 2.41. The first-order valence-corrected chi connectivity index (χ1v) is 7.60. The Hall–Kier alpha value is -2.83. The number of hydrogen-bond donors (Lipinski definition) is 2. The van der Waals surface area contributed by atoms with Crippen LogP contribution in [0.2, 0.25) is 0 Å². The van der Waals surface area contributed by atoms with Crippen LogP contribution >= 0.6 is 11.3 Å². The van der Waals surface area contributed by atoms with Crippen LogP contribution in [0.5, 0.6) is 0 Å². The van der Waals surface area contributed by atoms with Gasteiger partial charge in [-0.1, -0.05) is 0 Å². The first-order valence-electron chi connectivity index (χ1n) is 6.72. The van der Waals surface area contributed by atoms with Crippen molar-refractivity contribution in [1.82, 2.24) is 15.5 Å². The SMILES string of the molecule is CC1=C(C#N)C(c2cc(-c3ccn[nH]3)cs2)C(C#N)=C(C)N1. The van der Waals surface area contributed by atoms with Gasteiger partial charge in [0.2, 0.25) is 0 Å². The summed E-state index contributed by atoms with van der Waals surface area (Å²) >= 11 is 1.55. The summed E-state index contributed by atoms with van der Waals surface area (Å²) < 4.78 is 0. The smallest absolute Gasteiger partial charge is 0.0976 e. The standard InChI is InChI=1S/C16H13N5S/c1-9-12(6-17)16(13(7-18)10(2)20-9)15-5-11(8-22-15)14-3-4-19-21-14/h3-5,8,16,20H,1-2H3,(H,19,21). The molecule has 0 aromatic carbocycles. The van der Waals surface area contributed by atoms with E-state index >= 15 is 0 Å². The van der Waals surface area contributed by atoms with Gasteiger partial charge in [-0.05, 0) is 26.0 Å². The van der Waals surface area contributed by atoms with E-state index < -0.39 is 0 Å². The van der Waals surface area contributed by atoms with Gasteiger partial charge in [-0.2, -0.15) is 15.6 Å². The largest absolute Gasteiger partial charge is 0.361 e. The number of H-pyrrole nitrogens is 1. The Balaban J connectivity index is 2.10. The van der Waals surface area contributed by atoms with Gasteiger partial charge >= 0.3 is 0 Å². The minimum Gasteiger partial charge on any atom is -0.361 e. The lowest BCUT2D eigenvalue weighted by Gasteiger charge is -2.25. The average molecular weight is 307 g/mol. The maximum absolute atomic E-state index is 9.49. The van der Waals surface area contributed by atoms with Crippen LogP contribution in [0, 0.1) is 22.7 Å². The van der Waals surface area contributed by atoms with E-state index in [1.807, 2.05) is 31.4 Å². The molecule has 0 unspecified atom stereocenters. The molecule has 0 saturated heterocycles. The van der Waals surface area contributed by atoms with Crippen LogP contribution in [0.1, 0.15) is 24.6 Å². The van der Waals surface area contributed by atoms with Crippen LogP contribution < -0.4 is 5.32 Å². The summed E-state index contributed by atoms with van der Waals surface area (Å²) in [5.74, 6) is -0.294. The fraction of sp³-hybridized carbons (Fsp3) is 0.188. The summed E-state index contributed by atoms with van der Waals surface area (Å²) in [4.78, 5) is 0.984. The fourth-order valence-electron chi connectivity index (χ4n) is 2.64. The molecule has 6 heteroatoms. The van der Waals surface area contributed by atoms with Crippen molar-refractivity contribution < 1.29 is 0 Å². The molecule has 0 amide bonds. The molecule has 2 N–H and O–H groups in total. The highest BCUT2D eigenvalue weighted by Gasteiger charge is 2.30. The van der Waals surface area contributed by atoms with Gasteiger partial charge in [0.1, 0.15) is 0 Å². The van der Waals surface area contributed by atoms with E-state index in [2.05, 4.69) is 27.7 Å². The molecule has 0 bridgehead atoms. The molecule has 1 aliphatic rings. The van der Waals surface area contributed by atoms with Crippen LogP contribution in [0.3, 0.4) is 0 Å². The predicted molar refractivity (Wildman–Crippen MR) is 84.4 cm³/mol. The maximum Gasteiger partial charge on any atom is 0.0976 e. The molecule has 2 aromatic heterocycles. The molecule has 22 heavy (non-hydrogen) atoms. The van der Waals surface area contributed by atoms with E-state index in [0.717, 1.165) is 27.5 Å². The maximum atomic E-state index is 9.49. The molecule has 3 heterocycles. The van der Waals surface area contributed by atoms with E-state index in [-0.39, 0.29) is 5.92 Å². The summed E-state index contributed by atoms with van der Waals surface area (Å²) in [7, 11) is 0. The lowest BCUT2D eigenvalue weighted by molar-refractivity contribution is 0.822. The average Bonchev–Trinajstić information content (AvgIpc) is 3.17. The predicted octanol–water partition coefficient (Wildman–Crippen LogP) is 3.42. The topological polar surface area (TPSA) is 88.3 Å². The third kappa shape index (κ3) is 2.20. The van der Waals surface area contributed by atoms with Gasteiger partial charge in [0, 0.05) is 33.4 Å². The number of nitriles is 2. The van der Waals surface area contributed by atoms with Gasteiger partial charge < -0.3 is 5.32 Å². The Morgan fingerprint density at radius 1 is 1.18 bits per heavy atom. The van der Waals surface area contributed by atoms with Crippen LogP contribution in [0.4, 0.5) is 0 Å². The Labute approximate surface area is 132 Å². The lowest BCUT2D eigenvalue weighted by atomic mass is 9.85. The van der Waals surface area contributed by atoms with E-state index in [9.17, 15) is 10.5 Å². The summed E-state index contributed by atoms with van der Waals surface area (Å²) in [5.41, 5.74) is 4.75. The number of aromatic amines is 1. The van der Waals surface area contributed by atoms with Crippen molar-refractivity contribution in [3.8, 4) is 23.4 Å². The molecular weight excluding hydrogens is 294 g/mol. The normalized spacial score (nSPS) is 15.5. The molecule has 0 radical (unpaired) electrons. The Morgan fingerprint density at radius 2 is 1.86 bits per heavy atom. The third-order valence-electron chi connectivity index (χ3n) is 3.72. The van der Waals surface area contributed by atoms with E-state index in [4.69, 9.17) is 0 Å². The molecular formula is C16H13N5S. The molecule has 108 valence electrons. The molecule has 0 spiro atoms. The van der Waals surface area contributed by atoms with Crippen LogP contribution in [-0.4, -0.2) is 10.2 Å². The summed E-state index contributed by atoms with van der Waals surface area (Å²) in [6, 6.07) is 8.41. The van der Waals surface area contributed by atoms with E-state index in [1.54, 1.807) is 17.5 Å². The number of nitrogens with one attached hydrogen (secondary N) is 2. The quantitative estimate of drug-likeness (QED) is 0.889. The van der Waals surface area contributed by atoms with Crippen LogP contribution in [-0.2, 0) is 0 Å². The van der Waals surface area contributed by atoms with Crippen molar-refractivity contribution in [2.75, 3.05) is 0 Å². The second-order valence-electron chi connectivity index (χ2n) is 5.07.